The number of hydrogen-bond acceptors (Lipinski definition) is 3. The van der Waals surface area contributed by atoms with Gasteiger partial charge in [0, 0.05) is 29.8 Å². The van der Waals surface area contributed by atoms with Crippen LogP contribution in [0.4, 0.5) is 5.69 Å². The maximum absolute atomic E-state index is 6.13. The normalized spacial score (nSPS) is 17.5. The molecule has 1 fully saturated rings. The summed E-state index contributed by atoms with van der Waals surface area (Å²) in [6.45, 7) is 9.52. The number of nitrogens with zero attached hydrogens (tertiary/aromatic N) is 3. The van der Waals surface area contributed by atoms with E-state index in [0.29, 0.717) is 5.11 Å². The van der Waals surface area contributed by atoms with Crippen molar-refractivity contribution >= 4 is 23.0 Å². The fraction of sp³-hybridized carbons (Fsp3) is 0.241. The molecule has 6 heteroatoms. The molecule has 1 N–H and O–H groups in total. The van der Waals surface area contributed by atoms with Gasteiger partial charge in [-0.2, -0.15) is 0 Å². The van der Waals surface area contributed by atoms with Crippen molar-refractivity contribution in [2.24, 2.45) is 0 Å². The van der Waals surface area contributed by atoms with Gasteiger partial charge in [0.1, 0.15) is 11.5 Å². The van der Waals surface area contributed by atoms with Crippen LogP contribution in [0.15, 0.2) is 79.0 Å². The van der Waals surface area contributed by atoms with Crippen LogP contribution in [0.3, 0.4) is 0 Å². The molecule has 1 aliphatic rings. The van der Waals surface area contributed by atoms with E-state index in [-0.39, 0.29) is 12.1 Å². The summed E-state index contributed by atoms with van der Waals surface area (Å²) < 4.78 is 8.48. The lowest BCUT2D eigenvalue weighted by molar-refractivity contribution is 0.479. The van der Waals surface area contributed by atoms with E-state index in [1.165, 1.54) is 17.0 Å². The molecule has 5 nitrogen and oxygen atoms in total. The standard InChI is InChI=1S/C29H30N4OS/c1-5-32-20(3)18-24(21(32)4)28-27(25-11-8-9-17-30-25)31-29(35)33(28)22-13-15-23(16-14-22)34-26-12-7-6-10-19(26)2/h6-18,27-28H,5H2,1-4H3,(H,31,35)/t27-,28-/m0/s1. The number of aromatic nitrogens is 2. The van der Waals surface area contributed by atoms with Gasteiger partial charge in [-0.15, -0.1) is 0 Å². The highest BCUT2D eigenvalue weighted by molar-refractivity contribution is 7.80. The third-order valence-electron chi connectivity index (χ3n) is 6.78. The van der Waals surface area contributed by atoms with E-state index in [1.807, 2.05) is 61.7 Å². The molecule has 0 radical (unpaired) electrons. The Kier molecular flexibility index (Phi) is 6.31. The second kappa shape index (κ2) is 9.55. The van der Waals surface area contributed by atoms with Gasteiger partial charge in [0.15, 0.2) is 5.11 Å². The molecule has 0 aliphatic carbocycles. The quantitative estimate of drug-likeness (QED) is 0.306. The van der Waals surface area contributed by atoms with Crippen LogP contribution in [-0.4, -0.2) is 14.7 Å². The summed E-state index contributed by atoms with van der Waals surface area (Å²) in [5, 5.41) is 4.25. The highest BCUT2D eigenvalue weighted by Crippen LogP contribution is 2.43. The number of para-hydroxylation sites is 1. The van der Waals surface area contributed by atoms with Crippen LogP contribution in [0.1, 0.15) is 47.2 Å². The number of benzene rings is 2. The maximum atomic E-state index is 6.13. The molecule has 0 bridgehead atoms. The van der Waals surface area contributed by atoms with Crippen molar-refractivity contribution in [1.82, 2.24) is 14.9 Å². The number of nitrogens with one attached hydrogen (secondary N) is 1. The zero-order valence-electron chi connectivity index (χ0n) is 20.5. The van der Waals surface area contributed by atoms with E-state index in [0.717, 1.165) is 35.0 Å². The Morgan fingerprint density at radius 2 is 1.71 bits per heavy atom. The number of ether oxygens (including phenoxy) is 1. The van der Waals surface area contributed by atoms with Gasteiger partial charge in [-0.05, 0) is 99.6 Å². The molecule has 4 aromatic rings. The summed E-state index contributed by atoms with van der Waals surface area (Å²) in [5.41, 5.74) is 6.86. The van der Waals surface area contributed by atoms with Crippen LogP contribution in [0.25, 0.3) is 0 Å². The van der Waals surface area contributed by atoms with Gasteiger partial charge in [0.05, 0.1) is 17.8 Å². The lowest BCUT2D eigenvalue weighted by Gasteiger charge is -2.28. The molecule has 178 valence electrons. The predicted molar refractivity (Wildman–Crippen MR) is 145 cm³/mol. The Morgan fingerprint density at radius 3 is 2.37 bits per heavy atom. The van der Waals surface area contributed by atoms with Gasteiger partial charge in [-0.3, -0.25) is 4.98 Å². The Balaban J connectivity index is 1.53. The number of hydrogen-bond donors (Lipinski definition) is 1. The third kappa shape index (κ3) is 4.30. The minimum atomic E-state index is -0.0580. The molecule has 35 heavy (non-hydrogen) atoms. The highest BCUT2D eigenvalue weighted by atomic mass is 32.1. The second-order valence-electron chi connectivity index (χ2n) is 8.93. The minimum Gasteiger partial charge on any atom is -0.457 e. The molecule has 0 amide bonds. The van der Waals surface area contributed by atoms with Crippen molar-refractivity contribution in [3.8, 4) is 11.5 Å². The summed E-state index contributed by atoms with van der Waals surface area (Å²) >= 11 is 5.89. The molecule has 0 unspecified atom stereocenters. The monoisotopic (exact) mass is 482 g/mol. The fourth-order valence-electron chi connectivity index (χ4n) is 5.04. The van der Waals surface area contributed by atoms with Crippen LogP contribution >= 0.6 is 12.2 Å². The van der Waals surface area contributed by atoms with Crippen molar-refractivity contribution in [1.29, 1.82) is 0 Å². The molecular weight excluding hydrogens is 452 g/mol. The third-order valence-corrected chi connectivity index (χ3v) is 7.10. The number of aryl methyl sites for hydroxylation is 2. The topological polar surface area (TPSA) is 42.3 Å². The summed E-state index contributed by atoms with van der Waals surface area (Å²) in [6.07, 6.45) is 1.84. The minimum absolute atomic E-state index is 0.0213. The summed E-state index contributed by atoms with van der Waals surface area (Å²) in [6, 6.07) is 24.4. The Morgan fingerprint density at radius 1 is 0.971 bits per heavy atom. The number of pyridine rings is 1. The molecule has 2 aromatic heterocycles. The van der Waals surface area contributed by atoms with Crippen molar-refractivity contribution in [2.45, 2.75) is 46.3 Å². The average molecular weight is 483 g/mol. The van der Waals surface area contributed by atoms with Gasteiger partial charge in [-0.1, -0.05) is 24.3 Å². The van der Waals surface area contributed by atoms with Gasteiger partial charge in [0.25, 0.3) is 0 Å². The largest absolute Gasteiger partial charge is 0.457 e. The first-order valence-electron chi connectivity index (χ1n) is 12.0. The first kappa shape index (κ1) is 23.1. The van der Waals surface area contributed by atoms with Gasteiger partial charge >= 0.3 is 0 Å². The summed E-state index contributed by atoms with van der Waals surface area (Å²) in [5.74, 6) is 1.65. The molecule has 2 atom stereocenters. The Labute approximate surface area is 212 Å². The van der Waals surface area contributed by atoms with Crippen LogP contribution in [0.5, 0.6) is 11.5 Å². The SMILES string of the molecule is CCn1c(C)cc([C@H]2[C@H](c3ccccn3)NC(=S)N2c2ccc(Oc3ccccc3C)cc2)c1C. The Hall–Kier alpha value is -3.64. The van der Waals surface area contributed by atoms with Crippen LogP contribution < -0.4 is 15.0 Å². The zero-order chi connectivity index (χ0) is 24.5. The van der Waals surface area contributed by atoms with Crippen LogP contribution in [0, 0.1) is 20.8 Å². The molecule has 2 aromatic carbocycles. The van der Waals surface area contributed by atoms with Crippen molar-refractivity contribution in [3.63, 3.8) is 0 Å². The molecule has 1 saturated heterocycles. The highest BCUT2D eigenvalue weighted by Gasteiger charge is 2.42. The van der Waals surface area contributed by atoms with E-state index >= 15 is 0 Å². The predicted octanol–water partition coefficient (Wildman–Crippen LogP) is 6.80. The maximum Gasteiger partial charge on any atom is 0.174 e. The lowest BCUT2D eigenvalue weighted by atomic mass is 9.96. The van der Waals surface area contributed by atoms with Gasteiger partial charge in [0.2, 0.25) is 0 Å². The molecular formula is C29H30N4OS. The van der Waals surface area contributed by atoms with Crippen molar-refractivity contribution in [3.05, 3.63) is 107 Å². The van der Waals surface area contributed by atoms with Gasteiger partial charge < -0.3 is 19.5 Å². The molecule has 0 saturated carbocycles. The fourth-order valence-corrected chi connectivity index (χ4v) is 5.38. The number of thiocarbonyl (C=S) groups is 1. The number of rotatable bonds is 6. The van der Waals surface area contributed by atoms with E-state index in [1.54, 1.807) is 0 Å². The smallest absolute Gasteiger partial charge is 0.174 e. The summed E-state index contributed by atoms with van der Waals surface area (Å²) in [7, 11) is 0. The first-order chi connectivity index (χ1) is 17.0. The lowest BCUT2D eigenvalue weighted by Crippen LogP contribution is -2.29. The van der Waals surface area contributed by atoms with Crippen molar-refractivity contribution < 1.29 is 4.74 Å². The Bertz CT molecular complexity index is 1350. The second-order valence-corrected chi connectivity index (χ2v) is 9.32. The van der Waals surface area contributed by atoms with Gasteiger partial charge in [-0.25, -0.2) is 0 Å². The molecule has 0 spiro atoms. The van der Waals surface area contributed by atoms with E-state index in [9.17, 15) is 0 Å². The van der Waals surface area contributed by atoms with E-state index in [4.69, 9.17) is 17.0 Å². The summed E-state index contributed by atoms with van der Waals surface area (Å²) in [4.78, 5) is 6.89. The molecule has 1 aliphatic heterocycles. The van der Waals surface area contributed by atoms with Crippen LogP contribution in [0.2, 0.25) is 0 Å². The number of anilines is 1. The average Bonchev–Trinajstić information content (AvgIpc) is 3.36. The molecule has 5 rings (SSSR count). The van der Waals surface area contributed by atoms with Crippen LogP contribution in [-0.2, 0) is 6.54 Å². The van der Waals surface area contributed by atoms with Crippen molar-refractivity contribution in [2.75, 3.05) is 4.90 Å². The first-order valence-corrected chi connectivity index (χ1v) is 12.4. The van der Waals surface area contributed by atoms with E-state index in [2.05, 4.69) is 64.8 Å². The zero-order valence-corrected chi connectivity index (χ0v) is 21.3. The van der Waals surface area contributed by atoms with E-state index < -0.39 is 0 Å². The molecule has 3 heterocycles.